The van der Waals surface area contributed by atoms with Crippen molar-refractivity contribution in [2.24, 2.45) is 34.5 Å². The summed E-state index contributed by atoms with van der Waals surface area (Å²) in [6.45, 7) is 10.7. The Labute approximate surface area is 186 Å². The van der Waals surface area contributed by atoms with E-state index in [1.54, 1.807) is 0 Å². The summed E-state index contributed by atoms with van der Waals surface area (Å²) in [5.74, 6) is 0.389. The minimum Gasteiger partial charge on any atom is -0.462 e. The van der Waals surface area contributed by atoms with E-state index in [1.165, 1.54) is 0 Å². The summed E-state index contributed by atoms with van der Waals surface area (Å²) in [5, 5.41) is 10.4. The van der Waals surface area contributed by atoms with Crippen LogP contribution in [0.2, 0.25) is 0 Å². The lowest BCUT2D eigenvalue weighted by molar-refractivity contribution is -0.159. The van der Waals surface area contributed by atoms with Crippen LogP contribution in [0.15, 0.2) is 23.8 Å². The fraction of sp³-hybridized carbons (Fsp3) is 0.769. The predicted molar refractivity (Wildman–Crippen MR) is 118 cm³/mol. The Morgan fingerprint density at radius 1 is 1.23 bits per heavy atom. The van der Waals surface area contributed by atoms with Gasteiger partial charge in [0.25, 0.3) is 0 Å². The lowest BCUT2D eigenvalue weighted by Gasteiger charge is -2.43. The lowest BCUT2D eigenvalue weighted by Crippen LogP contribution is -2.43. The van der Waals surface area contributed by atoms with Crippen molar-refractivity contribution in [1.82, 2.24) is 0 Å². The van der Waals surface area contributed by atoms with E-state index < -0.39 is 6.10 Å². The molecule has 0 bridgehead atoms. The Morgan fingerprint density at radius 2 is 1.94 bits per heavy atom. The standard InChI is InChI=1S/C26H38O5/c1-15-9-10-16-13-17(27)14-20(31-24(29)23-25(2,3)26(23,4)5)22(16)19(15)12-11-18-7-6-8-21(28)30-18/h9-10,13,15,17-20,22-23,27H,6-8,11-12,14H2,1-5H3/t15-,17+,18+,19-,20-,22-/m0/s1. The minimum atomic E-state index is -0.595. The van der Waals surface area contributed by atoms with Gasteiger partial charge in [0.05, 0.1) is 12.0 Å². The molecule has 6 atom stereocenters. The summed E-state index contributed by atoms with van der Waals surface area (Å²) in [5.41, 5.74) is 0.940. The molecular weight excluding hydrogens is 392 g/mol. The molecule has 1 saturated carbocycles. The molecule has 1 N–H and O–H groups in total. The first-order valence-electron chi connectivity index (χ1n) is 12.0. The van der Waals surface area contributed by atoms with Gasteiger partial charge in [0, 0.05) is 18.8 Å². The number of aliphatic hydroxyl groups excluding tert-OH is 1. The summed E-state index contributed by atoms with van der Waals surface area (Å²) < 4.78 is 11.7. The third-order valence-corrected chi connectivity index (χ3v) is 8.92. The maximum absolute atomic E-state index is 13.1. The topological polar surface area (TPSA) is 72.8 Å². The van der Waals surface area contributed by atoms with Gasteiger partial charge >= 0.3 is 11.9 Å². The summed E-state index contributed by atoms with van der Waals surface area (Å²) in [6.07, 6.45) is 9.86. The Morgan fingerprint density at radius 3 is 2.58 bits per heavy atom. The molecule has 1 heterocycles. The van der Waals surface area contributed by atoms with Gasteiger partial charge in [0.15, 0.2) is 0 Å². The number of hydrogen-bond acceptors (Lipinski definition) is 5. The third-order valence-electron chi connectivity index (χ3n) is 8.92. The van der Waals surface area contributed by atoms with Crippen molar-refractivity contribution >= 4 is 11.9 Å². The number of rotatable bonds is 5. The molecule has 0 amide bonds. The van der Waals surface area contributed by atoms with E-state index >= 15 is 0 Å². The maximum Gasteiger partial charge on any atom is 0.310 e. The van der Waals surface area contributed by atoms with Gasteiger partial charge in [-0.25, -0.2) is 0 Å². The number of carbonyl (C=O) groups excluding carboxylic acids is 2. The molecule has 0 aromatic carbocycles. The van der Waals surface area contributed by atoms with E-state index in [4.69, 9.17) is 9.47 Å². The molecule has 0 unspecified atom stereocenters. The highest BCUT2D eigenvalue weighted by Gasteiger charge is 2.69. The van der Waals surface area contributed by atoms with Crippen molar-refractivity contribution in [3.8, 4) is 0 Å². The number of fused-ring (bicyclic) bond motifs is 1. The highest BCUT2D eigenvalue weighted by Crippen LogP contribution is 2.68. The van der Waals surface area contributed by atoms with E-state index in [0.29, 0.717) is 24.7 Å². The normalized spacial score (nSPS) is 38.6. The average Bonchev–Trinajstić information content (AvgIpc) is 3.09. The van der Waals surface area contributed by atoms with Crippen LogP contribution in [-0.2, 0) is 19.1 Å². The number of hydrogen-bond donors (Lipinski definition) is 1. The van der Waals surface area contributed by atoms with Gasteiger partial charge < -0.3 is 14.6 Å². The fourth-order valence-corrected chi connectivity index (χ4v) is 6.35. The number of esters is 2. The van der Waals surface area contributed by atoms with Crippen LogP contribution in [0, 0.1) is 34.5 Å². The first-order chi connectivity index (χ1) is 14.5. The highest BCUT2D eigenvalue weighted by molar-refractivity contribution is 5.79. The molecule has 4 aliphatic rings. The molecule has 1 saturated heterocycles. The van der Waals surface area contributed by atoms with E-state index in [1.807, 2.05) is 6.08 Å². The summed E-state index contributed by atoms with van der Waals surface area (Å²) in [4.78, 5) is 24.8. The zero-order valence-electron chi connectivity index (χ0n) is 19.6. The molecule has 0 aromatic heterocycles. The first-order valence-corrected chi connectivity index (χ1v) is 12.0. The quantitative estimate of drug-likeness (QED) is 0.646. The Kier molecular flexibility index (Phi) is 5.87. The number of carbonyl (C=O) groups is 2. The van der Waals surface area contributed by atoms with Gasteiger partial charge in [-0.3, -0.25) is 9.59 Å². The van der Waals surface area contributed by atoms with Crippen LogP contribution in [0.4, 0.5) is 0 Å². The molecule has 0 aromatic rings. The van der Waals surface area contributed by atoms with Gasteiger partial charge in [-0.15, -0.1) is 0 Å². The van der Waals surface area contributed by atoms with Crippen molar-refractivity contribution in [2.75, 3.05) is 0 Å². The van der Waals surface area contributed by atoms with Crippen molar-refractivity contribution < 1.29 is 24.2 Å². The van der Waals surface area contributed by atoms with E-state index in [-0.39, 0.29) is 46.8 Å². The average molecular weight is 431 g/mol. The molecule has 0 spiro atoms. The first kappa shape index (κ1) is 22.6. The van der Waals surface area contributed by atoms with Crippen LogP contribution in [0.25, 0.3) is 0 Å². The third kappa shape index (κ3) is 4.10. The zero-order chi connectivity index (χ0) is 22.6. The monoisotopic (exact) mass is 430 g/mol. The molecule has 3 aliphatic carbocycles. The predicted octanol–water partition coefficient (Wildman–Crippen LogP) is 4.59. The lowest BCUT2D eigenvalue weighted by atomic mass is 9.66. The largest absolute Gasteiger partial charge is 0.462 e. The molecule has 2 fully saturated rings. The zero-order valence-corrected chi connectivity index (χ0v) is 19.6. The minimum absolute atomic E-state index is 0.00460. The molecule has 0 radical (unpaired) electrons. The fourth-order valence-electron chi connectivity index (χ4n) is 6.35. The Balaban J connectivity index is 1.49. The van der Waals surface area contributed by atoms with Gasteiger partial charge in [-0.05, 0) is 53.9 Å². The van der Waals surface area contributed by atoms with Crippen LogP contribution in [0.3, 0.4) is 0 Å². The van der Waals surface area contributed by atoms with E-state index in [0.717, 1.165) is 31.3 Å². The summed E-state index contributed by atoms with van der Waals surface area (Å²) in [6, 6.07) is 0. The summed E-state index contributed by atoms with van der Waals surface area (Å²) in [7, 11) is 0. The number of cyclic esters (lactones) is 1. The van der Waals surface area contributed by atoms with Gasteiger partial charge in [0.2, 0.25) is 0 Å². The van der Waals surface area contributed by atoms with Gasteiger partial charge in [0.1, 0.15) is 12.2 Å². The molecule has 5 nitrogen and oxygen atoms in total. The second-order valence-corrected chi connectivity index (χ2v) is 11.3. The van der Waals surface area contributed by atoms with E-state index in [9.17, 15) is 14.7 Å². The van der Waals surface area contributed by atoms with Gasteiger partial charge in [-0.2, -0.15) is 0 Å². The Hall–Kier alpha value is -1.62. The Bertz CT molecular complexity index is 778. The van der Waals surface area contributed by atoms with Crippen molar-refractivity contribution in [3.63, 3.8) is 0 Å². The van der Waals surface area contributed by atoms with Crippen molar-refractivity contribution in [3.05, 3.63) is 23.8 Å². The van der Waals surface area contributed by atoms with Crippen LogP contribution in [-0.4, -0.2) is 35.4 Å². The van der Waals surface area contributed by atoms with Crippen LogP contribution in [0.5, 0.6) is 0 Å². The van der Waals surface area contributed by atoms with Crippen molar-refractivity contribution in [2.45, 2.75) is 91.5 Å². The number of ether oxygens (including phenoxy) is 2. The molecule has 4 rings (SSSR count). The maximum atomic E-state index is 13.1. The second kappa shape index (κ2) is 8.06. The van der Waals surface area contributed by atoms with E-state index in [2.05, 4.69) is 46.8 Å². The van der Waals surface area contributed by atoms with Crippen LogP contribution < -0.4 is 0 Å². The molecule has 5 heteroatoms. The molecule has 172 valence electrons. The molecule has 1 aliphatic heterocycles. The highest BCUT2D eigenvalue weighted by atomic mass is 16.5. The summed E-state index contributed by atoms with van der Waals surface area (Å²) >= 11 is 0. The number of allylic oxidation sites excluding steroid dienone is 2. The van der Waals surface area contributed by atoms with Gasteiger partial charge in [-0.1, -0.05) is 52.8 Å². The SMILES string of the molecule is C[C@H]1C=CC2=C[C@@H](O)C[C@H](OC(=O)C3C(C)(C)C3(C)C)[C@@H]2[C@H]1CC[C@H]1CCCC(=O)O1. The van der Waals surface area contributed by atoms with Crippen LogP contribution in [0.1, 0.15) is 73.1 Å². The molecule has 31 heavy (non-hydrogen) atoms. The van der Waals surface area contributed by atoms with Crippen molar-refractivity contribution in [1.29, 1.82) is 0 Å². The second-order valence-electron chi connectivity index (χ2n) is 11.3. The number of aliphatic hydroxyl groups is 1. The van der Waals surface area contributed by atoms with Crippen LogP contribution >= 0.6 is 0 Å². The molecular formula is C26H38O5. The smallest absolute Gasteiger partial charge is 0.310 e.